The molecule has 0 saturated carbocycles. The van der Waals surface area contributed by atoms with Crippen LogP contribution in [0.15, 0.2) is 30.2 Å². The molecule has 0 saturated heterocycles. The molecule has 0 bridgehead atoms. The van der Waals surface area contributed by atoms with E-state index in [4.69, 9.17) is 21.6 Å². The second-order valence-corrected chi connectivity index (χ2v) is 2.76. The minimum Gasteiger partial charge on any atom is -0.424 e. The Labute approximate surface area is 81.7 Å². The predicted molar refractivity (Wildman–Crippen MR) is 54.3 cm³/mol. The molecule has 0 aliphatic rings. The highest BCUT2D eigenvalue weighted by atomic mass is 35.5. The van der Waals surface area contributed by atoms with Gasteiger partial charge in [0.2, 0.25) is 0 Å². The summed E-state index contributed by atoms with van der Waals surface area (Å²) in [6, 6.07) is 7.07. The van der Waals surface area contributed by atoms with E-state index in [2.05, 4.69) is 0 Å². The first-order chi connectivity index (χ1) is 5.68. The van der Waals surface area contributed by atoms with Gasteiger partial charge in [0, 0.05) is 5.02 Å². The van der Waals surface area contributed by atoms with E-state index < -0.39 is 7.12 Å². The highest BCUT2D eigenvalue weighted by Gasteiger charge is 1.97. The van der Waals surface area contributed by atoms with Crippen LogP contribution in [0.2, 0.25) is 5.02 Å². The van der Waals surface area contributed by atoms with Gasteiger partial charge >= 0.3 is 7.12 Å². The van der Waals surface area contributed by atoms with Gasteiger partial charge in [-0.25, -0.2) is 0 Å². The Kier molecular flexibility index (Phi) is 5.42. The van der Waals surface area contributed by atoms with Crippen molar-refractivity contribution >= 4 is 24.8 Å². The monoisotopic (exact) mass is 200 g/mol. The van der Waals surface area contributed by atoms with Crippen molar-refractivity contribution in [1.82, 2.24) is 0 Å². The molecule has 1 rings (SSSR count). The number of hydrogen-bond donors (Lipinski definition) is 2. The van der Waals surface area contributed by atoms with Gasteiger partial charge in [0.05, 0.1) is 0 Å². The van der Waals surface area contributed by atoms with Gasteiger partial charge in [-0.05, 0) is 17.7 Å². The summed E-state index contributed by atoms with van der Waals surface area (Å²) in [6.07, 6.45) is 1.61. The lowest BCUT2D eigenvalue weighted by Gasteiger charge is -1.92. The SMILES string of the molecule is O.OB(O)/C=C/c1ccc(Cl)cc1. The van der Waals surface area contributed by atoms with Crippen molar-refractivity contribution in [3.05, 3.63) is 40.8 Å². The highest BCUT2D eigenvalue weighted by Crippen LogP contribution is 2.10. The van der Waals surface area contributed by atoms with E-state index >= 15 is 0 Å². The van der Waals surface area contributed by atoms with E-state index in [1.54, 1.807) is 30.3 Å². The van der Waals surface area contributed by atoms with E-state index in [-0.39, 0.29) is 5.48 Å². The average molecular weight is 200 g/mol. The van der Waals surface area contributed by atoms with Crippen molar-refractivity contribution in [2.24, 2.45) is 0 Å². The van der Waals surface area contributed by atoms with Gasteiger partial charge in [0.15, 0.2) is 0 Å². The minimum absolute atomic E-state index is 0. The molecule has 0 aromatic heterocycles. The van der Waals surface area contributed by atoms with Crippen LogP contribution < -0.4 is 0 Å². The second-order valence-electron chi connectivity index (χ2n) is 2.32. The summed E-state index contributed by atoms with van der Waals surface area (Å²) >= 11 is 5.65. The molecule has 0 radical (unpaired) electrons. The van der Waals surface area contributed by atoms with Crippen LogP contribution in [-0.2, 0) is 0 Å². The third kappa shape index (κ3) is 4.70. The van der Waals surface area contributed by atoms with E-state index in [1.807, 2.05) is 0 Å². The van der Waals surface area contributed by atoms with Crippen LogP contribution in [0.4, 0.5) is 0 Å². The molecule has 0 spiro atoms. The molecule has 0 amide bonds. The highest BCUT2D eigenvalue weighted by molar-refractivity contribution is 6.48. The van der Waals surface area contributed by atoms with Gasteiger partial charge in [0.25, 0.3) is 0 Å². The Morgan fingerprint density at radius 2 is 1.69 bits per heavy atom. The van der Waals surface area contributed by atoms with Gasteiger partial charge in [-0.1, -0.05) is 35.8 Å². The molecule has 4 N–H and O–H groups in total. The maximum atomic E-state index is 8.51. The van der Waals surface area contributed by atoms with E-state index in [1.165, 1.54) is 5.98 Å². The van der Waals surface area contributed by atoms with Gasteiger partial charge in [-0.3, -0.25) is 0 Å². The van der Waals surface area contributed by atoms with Gasteiger partial charge in [-0.15, -0.1) is 0 Å². The summed E-state index contributed by atoms with van der Waals surface area (Å²) in [5.74, 6) is 1.28. The van der Waals surface area contributed by atoms with Gasteiger partial charge < -0.3 is 15.5 Å². The first-order valence-electron chi connectivity index (χ1n) is 3.48. The van der Waals surface area contributed by atoms with Crippen molar-refractivity contribution in [3.8, 4) is 0 Å². The third-order valence-corrected chi connectivity index (χ3v) is 1.58. The molecule has 13 heavy (non-hydrogen) atoms. The fourth-order valence-corrected chi connectivity index (χ4v) is 0.897. The van der Waals surface area contributed by atoms with Gasteiger partial charge in [-0.2, -0.15) is 0 Å². The van der Waals surface area contributed by atoms with Crippen molar-refractivity contribution in [2.75, 3.05) is 0 Å². The van der Waals surface area contributed by atoms with Crippen LogP contribution in [0, 0.1) is 0 Å². The normalized spacial score (nSPS) is 9.77. The molecule has 70 valence electrons. The maximum absolute atomic E-state index is 8.51. The zero-order valence-corrected chi connectivity index (χ0v) is 7.57. The zero-order valence-electron chi connectivity index (χ0n) is 6.81. The molecule has 5 heteroatoms. The molecule has 0 aliphatic carbocycles. The molecule has 0 heterocycles. The van der Waals surface area contributed by atoms with Crippen LogP contribution in [0.5, 0.6) is 0 Å². The molecule has 0 atom stereocenters. The summed E-state index contributed by atoms with van der Waals surface area (Å²) in [7, 11) is -1.40. The summed E-state index contributed by atoms with van der Waals surface area (Å²) in [4.78, 5) is 0. The fourth-order valence-electron chi connectivity index (χ4n) is 0.771. The first-order valence-corrected chi connectivity index (χ1v) is 3.86. The van der Waals surface area contributed by atoms with Gasteiger partial charge in [0.1, 0.15) is 0 Å². The molecule has 3 nitrogen and oxygen atoms in total. The minimum atomic E-state index is -1.40. The Morgan fingerprint density at radius 1 is 1.15 bits per heavy atom. The zero-order chi connectivity index (χ0) is 8.97. The van der Waals surface area contributed by atoms with Crippen LogP contribution in [0.1, 0.15) is 5.56 Å². The molecule has 0 aliphatic heterocycles. The first kappa shape index (κ1) is 12.2. The number of hydrogen-bond acceptors (Lipinski definition) is 2. The van der Waals surface area contributed by atoms with E-state index in [0.717, 1.165) is 5.56 Å². The second kappa shape index (κ2) is 5.77. The fraction of sp³-hybridized carbons (Fsp3) is 0. The summed E-state index contributed by atoms with van der Waals surface area (Å²) in [5, 5.41) is 17.7. The smallest absolute Gasteiger partial charge is 0.424 e. The Balaban J connectivity index is 0.00000144. The van der Waals surface area contributed by atoms with Crippen molar-refractivity contribution in [1.29, 1.82) is 0 Å². The van der Waals surface area contributed by atoms with Crippen molar-refractivity contribution < 1.29 is 15.5 Å². The topological polar surface area (TPSA) is 72.0 Å². The molecular weight excluding hydrogens is 190 g/mol. The van der Waals surface area contributed by atoms with Crippen molar-refractivity contribution in [2.45, 2.75) is 0 Å². The summed E-state index contributed by atoms with van der Waals surface area (Å²) in [5.41, 5.74) is 0.882. The third-order valence-electron chi connectivity index (χ3n) is 1.33. The molecule has 1 aromatic carbocycles. The number of rotatable bonds is 2. The van der Waals surface area contributed by atoms with Crippen LogP contribution >= 0.6 is 11.6 Å². The lowest BCUT2D eigenvalue weighted by Crippen LogP contribution is -2.05. The molecule has 1 aromatic rings. The standard InChI is InChI=1S/C8H8BClO2.H2O/c10-8-3-1-7(2-4-8)5-6-9(11)12;/h1-6,11-12H;1H2/b6-5+;. The molecular formula is C8H10BClO3. The Bertz CT molecular complexity index is 271. The quantitative estimate of drug-likeness (QED) is 0.684. The van der Waals surface area contributed by atoms with Crippen LogP contribution in [0.3, 0.4) is 0 Å². The lowest BCUT2D eigenvalue weighted by molar-refractivity contribution is 0.424. The van der Waals surface area contributed by atoms with E-state index in [0.29, 0.717) is 5.02 Å². The maximum Gasteiger partial charge on any atom is 0.480 e. The predicted octanol–water partition coefficient (Wildman–Crippen LogP) is 0.541. The number of halogens is 1. The van der Waals surface area contributed by atoms with Crippen LogP contribution in [0.25, 0.3) is 6.08 Å². The number of benzene rings is 1. The summed E-state index contributed by atoms with van der Waals surface area (Å²) in [6.45, 7) is 0. The summed E-state index contributed by atoms with van der Waals surface area (Å²) < 4.78 is 0. The molecule has 0 fully saturated rings. The molecule has 0 unspecified atom stereocenters. The van der Waals surface area contributed by atoms with E-state index in [9.17, 15) is 0 Å². The Hall–Kier alpha value is -0.805. The lowest BCUT2D eigenvalue weighted by atomic mass is 9.91. The largest absolute Gasteiger partial charge is 0.480 e. The van der Waals surface area contributed by atoms with Crippen molar-refractivity contribution in [3.63, 3.8) is 0 Å². The Morgan fingerprint density at radius 3 is 2.15 bits per heavy atom. The average Bonchev–Trinajstić information content (AvgIpc) is 2.03. The van der Waals surface area contributed by atoms with Crippen LogP contribution in [-0.4, -0.2) is 22.6 Å².